The number of amides is 2. The summed E-state index contributed by atoms with van der Waals surface area (Å²) in [6.45, 7) is 5.12. The first-order valence-electron chi connectivity index (χ1n) is 12.9. The smallest absolute Gasteiger partial charge is 0.379 e. The molecule has 0 bridgehead atoms. The second-order valence-electron chi connectivity index (χ2n) is 9.66. The number of alkyl halides is 3. The van der Waals surface area contributed by atoms with Crippen molar-refractivity contribution in [3.8, 4) is 0 Å². The highest BCUT2D eigenvalue weighted by Gasteiger charge is 2.32. The van der Waals surface area contributed by atoms with Gasteiger partial charge in [0.1, 0.15) is 12.4 Å². The quantitative estimate of drug-likeness (QED) is 0.310. The molecule has 0 radical (unpaired) electrons. The maximum Gasteiger partial charge on any atom is 0.416 e. The minimum atomic E-state index is -4.60. The van der Waals surface area contributed by atoms with E-state index in [0.717, 1.165) is 22.6 Å². The third kappa shape index (κ3) is 8.12. The van der Waals surface area contributed by atoms with Gasteiger partial charge in [0.2, 0.25) is 5.91 Å². The fourth-order valence-electron chi connectivity index (χ4n) is 4.40. The van der Waals surface area contributed by atoms with Crippen LogP contribution in [0.1, 0.15) is 31.9 Å². The average molecular weight is 578 g/mol. The standard InChI is InChI=1S/C29H31F4N3O3S/c1-21-9-16-40-26(21)19-36(18-22-5-7-25(30)8-6-22)27(37)20-35(11-10-34-12-14-39-15-13-34)28(38)23-3-2-4-24(17-23)29(31,32)33/h2-9,16-17H,10-15,18-20H2,1H3. The lowest BCUT2D eigenvalue weighted by atomic mass is 10.1. The lowest BCUT2D eigenvalue weighted by molar-refractivity contribution is -0.137. The molecule has 1 fully saturated rings. The van der Waals surface area contributed by atoms with E-state index in [2.05, 4.69) is 4.90 Å². The molecule has 0 atom stereocenters. The maximum atomic E-state index is 13.7. The van der Waals surface area contributed by atoms with Gasteiger partial charge < -0.3 is 14.5 Å². The normalized spacial score (nSPS) is 14.2. The van der Waals surface area contributed by atoms with Crippen LogP contribution in [0.5, 0.6) is 0 Å². The molecular formula is C29H31F4N3O3S. The molecule has 0 spiro atoms. The first kappa shape index (κ1) is 29.7. The van der Waals surface area contributed by atoms with Gasteiger partial charge in [-0.05, 0) is 59.8 Å². The van der Waals surface area contributed by atoms with Gasteiger partial charge in [-0.1, -0.05) is 18.2 Å². The first-order chi connectivity index (χ1) is 19.1. The second kappa shape index (κ2) is 13.4. The van der Waals surface area contributed by atoms with Gasteiger partial charge in [0, 0.05) is 43.2 Å². The van der Waals surface area contributed by atoms with Gasteiger partial charge in [-0.2, -0.15) is 13.2 Å². The molecule has 0 aliphatic carbocycles. The highest BCUT2D eigenvalue weighted by Crippen LogP contribution is 2.30. The highest BCUT2D eigenvalue weighted by molar-refractivity contribution is 7.10. The number of aryl methyl sites for hydroxylation is 1. The van der Waals surface area contributed by atoms with Crippen LogP contribution in [0.2, 0.25) is 0 Å². The van der Waals surface area contributed by atoms with Crippen LogP contribution >= 0.6 is 11.3 Å². The Labute approximate surface area is 234 Å². The molecule has 2 amide bonds. The number of nitrogens with zero attached hydrogens (tertiary/aromatic N) is 3. The number of rotatable bonds is 10. The summed E-state index contributed by atoms with van der Waals surface area (Å²) < 4.78 is 58.9. The van der Waals surface area contributed by atoms with E-state index in [0.29, 0.717) is 38.4 Å². The van der Waals surface area contributed by atoms with E-state index in [4.69, 9.17) is 4.74 Å². The number of thiophene rings is 1. The summed E-state index contributed by atoms with van der Waals surface area (Å²) in [6, 6.07) is 12.0. The van der Waals surface area contributed by atoms with Crippen molar-refractivity contribution in [2.45, 2.75) is 26.2 Å². The summed E-state index contributed by atoms with van der Waals surface area (Å²) in [6.07, 6.45) is -4.60. The van der Waals surface area contributed by atoms with Gasteiger partial charge in [0.05, 0.1) is 25.3 Å². The first-order valence-corrected chi connectivity index (χ1v) is 13.8. The Bertz CT molecular complexity index is 1290. The maximum absolute atomic E-state index is 13.7. The van der Waals surface area contributed by atoms with E-state index in [1.165, 1.54) is 40.5 Å². The van der Waals surface area contributed by atoms with Crippen molar-refractivity contribution in [1.29, 1.82) is 0 Å². The van der Waals surface area contributed by atoms with Crippen LogP contribution in [0.4, 0.5) is 17.6 Å². The van der Waals surface area contributed by atoms with Crippen molar-refractivity contribution in [2.75, 3.05) is 45.9 Å². The largest absolute Gasteiger partial charge is 0.416 e. The molecule has 40 heavy (non-hydrogen) atoms. The van der Waals surface area contributed by atoms with Crippen molar-refractivity contribution in [3.05, 3.63) is 92.9 Å². The van der Waals surface area contributed by atoms with Crippen LogP contribution in [-0.2, 0) is 28.8 Å². The van der Waals surface area contributed by atoms with Crippen molar-refractivity contribution in [3.63, 3.8) is 0 Å². The molecule has 214 valence electrons. The molecule has 0 saturated carbocycles. The second-order valence-corrected chi connectivity index (χ2v) is 10.7. The van der Waals surface area contributed by atoms with Gasteiger partial charge in [-0.3, -0.25) is 14.5 Å². The minimum Gasteiger partial charge on any atom is -0.379 e. The molecule has 1 aliphatic heterocycles. The minimum absolute atomic E-state index is 0.135. The van der Waals surface area contributed by atoms with Crippen LogP contribution < -0.4 is 0 Å². The Morgan fingerprint density at radius 1 is 1.00 bits per heavy atom. The summed E-state index contributed by atoms with van der Waals surface area (Å²) in [5.41, 5.74) is 0.673. The van der Waals surface area contributed by atoms with Gasteiger partial charge in [-0.15, -0.1) is 11.3 Å². The SMILES string of the molecule is Cc1ccsc1CN(Cc1ccc(F)cc1)C(=O)CN(CCN1CCOCC1)C(=O)c1cccc(C(F)(F)F)c1. The summed E-state index contributed by atoms with van der Waals surface area (Å²) in [5.74, 6) is -1.40. The number of hydrogen-bond acceptors (Lipinski definition) is 5. The molecule has 1 aromatic heterocycles. The third-order valence-corrected chi connectivity index (χ3v) is 7.79. The van der Waals surface area contributed by atoms with Gasteiger partial charge >= 0.3 is 6.18 Å². The summed E-state index contributed by atoms with van der Waals surface area (Å²) in [7, 11) is 0. The highest BCUT2D eigenvalue weighted by atomic mass is 32.1. The molecule has 2 heterocycles. The van der Waals surface area contributed by atoms with Crippen molar-refractivity contribution >= 4 is 23.2 Å². The molecule has 0 unspecified atom stereocenters. The van der Waals surface area contributed by atoms with Crippen molar-refractivity contribution in [1.82, 2.24) is 14.7 Å². The van der Waals surface area contributed by atoms with E-state index in [1.54, 1.807) is 17.0 Å². The number of halogens is 4. The topological polar surface area (TPSA) is 53.1 Å². The predicted molar refractivity (Wildman–Crippen MR) is 144 cm³/mol. The summed E-state index contributed by atoms with van der Waals surface area (Å²) >= 11 is 1.50. The Morgan fingerprint density at radius 3 is 2.38 bits per heavy atom. The molecule has 4 rings (SSSR count). The molecule has 1 aliphatic rings. The van der Waals surface area contributed by atoms with Crippen LogP contribution in [0, 0.1) is 12.7 Å². The molecule has 3 aromatic rings. The zero-order valence-electron chi connectivity index (χ0n) is 22.1. The number of hydrogen-bond donors (Lipinski definition) is 0. The van der Waals surface area contributed by atoms with Crippen LogP contribution in [-0.4, -0.2) is 72.5 Å². The Morgan fingerprint density at radius 2 is 1.73 bits per heavy atom. The van der Waals surface area contributed by atoms with Crippen molar-refractivity contribution in [2.24, 2.45) is 0 Å². The monoisotopic (exact) mass is 577 g/mol. The van der Waals surface area contributed by atoms with Crippen LogP contribution in [0.15, 0.2) is 60.0 Å². The zero-order valence-corrected chi connectivity index (χ0v) is 22.9. The fourth-order valence-corrected chi connectivity index (χ4v) is 5.32. The summed E-state index contributed by atoms with van der Waals surface area (Å²) in [4.78, 5) is 33.2. The molecule has 6 nitrogen and oxygen atoms in total. The number of ether oxygens (including phenoxy) is 1. The van der Waals surface area contributed by atoms with E-state index in [-0.39, 0.29) is 37.6 Å². The van der Waals surface area contributed by atoms with E-state index in [9.17, 15) is 27.2 Å². The molecular weight excluding hydrogens is 546 g/mol. The summed E-state index contributed by atoms with van der Waals surface area (Å²) in [5, 5.41) is 1.93. The third-order valence-electron chi connectivity index (χ3n) is 6.78. The van der Waals surface area contributed by atoms with E-state index in [1.807, 2.05) is 18.4 Å². The van der Waals surface area contributed by atoms with Crippen LogP contribution in [0.25, 0.3) is 0 Å². The van der Waals surface area contributed by atoms with Crippen molar-refractivity contribution < 1.29 is 31.9 Å². The van der Waals surface area contributed by atoms with Gasteiger partial charge in [0.15, 0.2) is 0 Å². The van der Waals surface area contributed by atoms with Gasteiger partial charge in [0.25, 0.3) is 5.91 Å². The van der Waals surface area contributed by atoms with Crippen LogP contribution in [0.3, 0.4) is 0 Å². The Kier molecular flexibility index (Phi) is 9.94. The number of morpholine rings is 1. The molecule has 0 N–H and O–H groups in total. The number of benzene rings is 2. The average Bonchev–Trinajstić information content (AvgIpc) is 3.35. The van der Waals surface area contributed by atoms with E-state index < -0.39 is 23.5 Å². The molecule has 2 aromatic carbocycles. The Hall–Kier alpha value is -3.28. The number of carbonyl (C=O) groups excluding carboxylic acids is 2. The lowest BCUT2D eigenvalue weighted by Gasteiger charge is -2.31. The molecule has 11 heteroatoms. The van der Waals surface area contributed by atoms with E-state index >= 15 is 0 Å². The lowest BCUT2D eigenvalue weighted by Crippen LogP contribution is -2.47. The number of carbonyl (C=O) groups is 2. The fraction of sp³-hybridized carbons (Fsp3) is 0.379. The predicted octanol–water partition coefficient (Wildman–Crippen LogP) is 5.22. The Balaban J connectivity index is 1.58. The zero-order chi connectivity index (χ0) is 28.7. The molecule has 1 saturated heterocycles. The van der Waals surface area contributed by atoms with Gasteiger partial charge in [-0.25, -0.2) is 4.39 Å².